The van der Waals surface area contributed by atoms with Crippen molar-refractivity contribution in [2.45, 2.75) is 26.2 Å². The van der Waals surface area contributed by atoms with Gasteiger partial charge in [0.25, 0.3) is 0 Å². The van der Waals surface area contributed by atoms with Gasteiger partial charge in [-0.1, -0.05) is 18.2 Å². The van der Waals surface area contributed by atoms with Crippen molar-refractivity contribution in [1.29, 1.82) is 0 Å². The highest BCUT2D eigenvalue weighted by Gasteiger charge is 2.19. The first-order chi connectivity index (χ1) is 15.3. The van der Waals surface area contributed by atoms with Crippen LogP contribution in [0.4, 0.5) is 17.5 Å². The van der Waals surface area contributed by atoms with Crippen LogP contribution < -0.4 is 15.0 Å². The number of para-hydroxylation sites is 1. The molecule has 3 heterocycles. The van der Waals surface area contributed by atoms with Gasteiger partial charge in [0.1, 0.15) is 11.6 Å². The molecule has 2 aromatic carbocycles. The number of nitrogens with zero attached hydrogens (tertiary/aromatic N) is 5. The number of rotatable bonds is 6. The van der Waals surface area contributed by atoms with Gasteiger partial charge >= 0.3 is 0 Å². The van der Waals surface area contributed by atoms with Gasteiger partial charge in [-0.2, -0.15) is 15.1 Å². The third-order valence-electron chi connectivity index (χ3n) is 5.48. The average molecular weight is 415 g/mol. The largest absolute Gasteiger partial charge is 0.494 e. The first-order valence-electron chi connectivity index (χ1n) is 10.9. The van der Waals surface area contributed by atoms with Crippen molar-refractivity contribution < 1.29 is 4.74 Å². The fraction of sp³-hybridized carbons (Fsp3) is 0.292. The summed E-state index contributed by atoms with van der Waals surface area (Å²) in [4.78, 5) is 12.1. The van der Waals surface area contributed by atoms with Crippen molar-refractivity contribution in [3.05, 3.63) is 60.8 Å². The number of hydrogen-bond donors (Lipinski definition) is 1. The second-order valence-electron chi connectivity index (χ2n) is 7.63. The molecule has 7 heteroatoms. The number of anilines is 3. The quantitative estimate of drug-likeness (QED) is 0.482. The Hall–Kier alpha value is -3.61. The zero-order valence-corrected chi connectivity index (χ0v) is 17.7. The fourth-order valence-electron chi connectivity index (χ4n) is 3.92. The van der Waals surface area contributed by atoms with Crippen molar-refractivity contribution in [2.24, 2.45) is 0 Å². The van der Waals surface area contributed by atoms with E-state index < -0.39 is 0 Å². The van der Waals surface area contributed by atoms with Crippen LogP contribution in [0.3, 0.4) is 0 Å². The summed E-state index contributed by atoms with van der Waals surface area (Å²) < 4.78 is 7.44. The summed E-state index contributed by atoms with van der Waals surface area (Å²) in [6.07, 6.45) is 5.43. The molecule has 0 radical (unpaired) electrons. The van der Waals surface area contributed by atoms with Gasteiger partial charge in [-0.25, -0.2) is 4.68 Å². The molecule has 158 valence electrons. The van der Waals surface area contributed by atoms with E-state index in [4.69, 9.17) is 14.7 Å². The highest BCUT2D eigenvalue weighted by molar-refractivity contribution is 5.90. The number of benzene rings is 2. The summed E-state index contributed by atoms with van der Waals surface area (Å²) in [5, 5.41) is 8.99. The van der Waals surface area contributed by atoms with E-state index >= 15 is 0 Å². The number of aromatic nitrogens is 4. The second kappa shape index (κ2) is 8.63. The Labute approximate surface area is 181 Å². The fourth-order valence-corrected chi connectivity index (χ4v) is 3.92. The first kappa shape index (κ1) is 19.4. The van der Waals surface area contributed by atoms with E-state index in [1.807, 2.05) is 72.4 Å². The van der Waals surface area contributed by atoms with E-state index in [-0.39, 0.29) is 0 Å². The Bertz CT molecular complexity index is 1150. The lowest BCUT2D eigenvalue weighted by molar-refractivity contribution is 0.340. The zero-order chi connectivity index (χ0) is 21.0. The van der Waals surface area contributed by atoms with Crippen molar-refractivity contribution in [3.63, 3.8) is 0 Å². The van der Waals surface area contributed by atoms with Crippen LogP contribution in [0, 0.1) is 0 Å². The lowest BCUT2D eigenvalue weighted by Gasteiger charge is -2.27. The Morgan fingerprint density at radius 1 is 0.935 bits per heavy atom. The highest BCUT2D eigenvalue weighted by atomic mass is 16.5. The maximum absolute atomic E-state index is 5.56. The number of fused-ring (bicyclic) bond motifs is 1. The van der Waals surface area contributed by atoms with Crippen molar-refractivity contribution in [1.82, 2.24) is 19.7 Å². The molecule has 7 nitrogen and oxygen atoms in total. The van der Waals surface area contributed by atoms with Crippen molar-refractivity contribution in [3.8, 4) is 11.4 Å². The number of hydrogen-bond acceptors (Lipinski definition) is 6. The molecule has 0 unspecified atom stereocenters. The molecule has 1 aliphatic heterocycles. The van der Waals surface area contributed by atoms with Crippen LogP contribution in [0.5, 0.6) is 5.75 Å². The lowest BCUT2D eigenvalue weighted by Crippen LogP contribution is -2.31. The molecule has 1 saturated heterocycles. The summed E-state index contributed by atoms with van der Waals surface area (Å²) in [6, 6.07) is 18.0. The molecular formula is C24H26N6O. The molecule has 0 saturated carbocycles. The minimum Gasteiger partial charge on any atom is -0.494 e. The van der Waals surface area contributed by atoms with E-state index in [1.54, 1.807) is 0 Å². The topological polar surface area (TPSA) is 68.1 Å². The molecule has 1 fully saturated rings. The minimum absolute atomic E-state index is 0.650. The van der Waals surface area contributed by atoms with Crippen LogP contribution in [-0.4, -0.2) is 39.4 Å². The summed E-state index contributed by atoms with van der Waals surface area (Å²) in [5.41, 5.74) is 2.73. The van der Waals surface area contributed by atoms with Crippen LogP contribution >= 0.6 is 0 Å². The van der Waals surface area contributed by atoms with Gasteiger partial charge in [0, 0.05) is 18.8 Å². The maximum Gasteiger partial charge on any atom is 0.229 e. The average Bonchev–Trinajstić information content (AvgIpc) is 3.26. The van der Waals surface area contributed by atoms with E-state index in [1.165, 1.54) is 19.3 Å². The van der Waals surface area contributed by atoms with Crippen LogP contribution in [0.15, 0.2) is 60.8 Å². The Morgan fingerprint density at radius 3 is 2.45 bits per heavy atom. The molecule has 0 aliphatic carbocycles. The highest BCUT2D eigenvalue weighted by Crippen LogP contribution is 2.29. The van der Waals surface area contributed by atoms with Crippen LogP contribution in [0.2, 0.25) is 0 Å². The van der Waals surface area contributed by atoms with Crippen LogP contribution in [0.1, 0.15) is 26.2 Å². The van der Waals surface area contributed by atoms with Crippen molar-refractivity contribution in [2.75, 3.05) is 29.9 Å². The normalized spacial score (nSPS) is 14.0. The van der Waals surface area contributed by atoms with Gasteiger partial charge in [0.05, 0.1) is 23.9 Å². The number of piperidine rings is 1. The van der Waals surface area contributed by atoms with E-state index in [9.17, 15) is 0 Å². The Kier molecular flexibility index (Phi) is 5.39. The molecular weight excluding hydrogens is 388 g/mol. The SMILES string of the molecule is CCOc1ccc(Nc2nc(N3CCCCC3)nc3c2cnn3-c2ccccc2)cc1. The van der Waals surface area contributed by atoms with E-state index in [2.05, 4.69) is 15.3 Å². The van der Waals surface area contributed by atoms with Gasteiger partial charge in [-0.15, -0.1) is 0 Å². The molecule has 1 N–H and O–H groups in total. The predicted molar refractivity (Wildman–Crippen MR) is 124 cm³/mol. The van der Waals surface area contributed by atoms with Gasteiger partial charge in [0.2, 0.25) is 5.95 Å². The third-order valence-corrected chi connectivity index (χ3v) is 5.48. The summed E-state index contributed by atoms with van der Waals surface area (Å²) in [7, 11) is 0. The summed E-state index contributed by atoms with van der Waals surface area (Å²) in [6.45, 7) is 4.59. The minimum atomic E-state index is 0.650. The smallest absolute Gasteiger partial charge is 0.229 e. The standard InChI is InChI=1S/C24H26N6O/c1-2-31-20-13-11-18(12-14-20)26-22-21-17-25-30(19-9-5-3-6-10-19)23(21)28-24(27-22)29-15-7-4-8-16-29/h3,5-6,9-14,17H,2,4,7-8,15-16H2,1H3,(H,26,27,28). The summed E-state index contributed by atoms with van der Waals surface area (Å²) in [5.74, 6) is 2.36. The van der Waals surface area contributed by atoms with E-state index in [0.717, 1.165) is 53.0 Å². The molecule has 2 aromatic heterocycles. The van der Waals surface area contributed by atoms with Gasteiger partial charge in [0.15, 0.2) is 5.65 Å². The van der Waals surface area contributed by atoms with Crippen LogP contribution in [-0.2, 0) is 0 Å². The van der Waals surface area contributed by atoms with Gasteiger partial charge in [-0.05, 0) is 62.6 Å². The molecule has 0 amide bonds. The van der Waals surface area contributed by atoms with Crippen LogP contribution in [0.25, 0.3) is 16.7 Å². The number of nitrogens with one attached hydrogen (secondary N) is 1. The Balaban J connectivity index is 1.57. The van der Waals surface area contributed by atoms with Crippen molar-refractivity contribution >= 4 is 28.5 Å². The van der Waals surface area contributed by atoms with E-state index in [0.29, 0.717) is 6.61 Å². The van der Waals surface area contributed by atoms with Gasteiger partial charge in [-0.3, -0.25) is 0 Å². The first-order valence-corrected chi connectivity index (χ1v) is 10.9. The molecule has 0 atom stereocenters. The molecule has 4 aromatic rings. The monoisotopic (exact) mass is 414 g/mol. The molecule has 5 rings (SSSR count). The molecule has 31 heavy (non-hydrogen) atoms. The second-order valence-corrected chi connectivity index (χ2v) is 7.63. The summed E-state index contributed by atoms with van der Waals surface area (Å²) >= 11 is 0. The third kappa shape index (κ3) is 4.03. The zero-order valence-electron chi connectivity index (χ0n) is 17.7. The predicted octanol–water partition coefficient (Wildman–Crippen LogP) is 4.95. The Morgan fingerprint density at radius 2 is 1.71 bits per heavy atom. The maximum atomic E-state index is 5.56. The number of ether oxygens (including phenoxy) is 1. The molecule has 0 bridgehead atoms. The lowest BCUT2D eigenvalue weighted by atomic mass is 10.1. The molecule has 0 spiro atoms. The molecule has 1 aliphatic rings. The van der Waals surface area contributed by atoms with Gasteiger partial charge < -0.3 is 15.0 Å².